The summed E-state index contributed by atoms with van der Waals surface area (Å²) < 4.78 is 0. The highest BCUT2D eigenvalue weighted by Crippen LogP contribution is 2.25. The Balaban J connectivity index is 2.22. The number of benzene rings is 1. The van der Waals surface area contributed by atoms with E-state index < -0.39 is 4.92 Å². The van der Waals surface area contributed by atoms with Crippen molar-refractivity contribution in [2.75, 3.05) is 12.4 Å². The van der Waals surface area contributed by atoms with E-state index in [1.807, 2.05) is 0 Å². The smallest absolute Gasteiger partial charge is 0.293 e. The molecule has 8 nitrogen and oxygen atoms in total. The van der Waals surface area contributed by atoms with E-state index in [9.17, 15) is 14.9 Å². The number of hydrogen-bond donors (Lipinski definition) is 2. The van der Waals surface area contributed by atoms with Gasteiger partial charge in [0.1, 0.15) is 5.69 Å². The molecule has 1 aromatic heterocycles. The molecule has 2 aromatic rings. The van der Waals surface area contributed by atoms with Gasteiger partial charge in [-0.2, -0.15) is 0 Å². The third-order valence-electron chi connectivity index (χ3n) is 2.76. The molecule has 0 spiro atoms. The maximum absolute atomic E-state index is 11.5. The molecule has 0 fully saturated rings. The average Bonchev–Trinajstić information content (AvgIpc) is 2.52. The van der Waals surface area contributed by atoms with Crippen LogP contribution in [-0.2, 0) is 6.54 Å². The lowest BCUT2D eigenvalue weighted by Crippen LogP contribution is -2.18. The van der Waals surface area contributed by atoms with Gasteiger partial charge in [-0.25, -0.2) is 0 Å². The Morgan fingerprint density at radius 3 is 2.81 bits per heavy atom. The molecule has 1 heterocycles. The highest BCUT2D eigenvalue weighted by atomic mass is 16.6. The Bertz CT molecular complexity index is 660. The molecule has 2 N–H and O–H groups in total. The van der Waals surface area contributed by atoms with Crippen molar-refractivity contribution in [3.63, 3.8) is 0 Å². The molecule has 0 saturated heterocycles. The van der Waals surface area contributed by atoms with Crippen LogP contribution < -0.4 is 10.6 Å². The van der Waals surface area contributed by atoms with Gasteiger partial charge in [0.05, 0.1) is 23.4 Å². The van der Waals surface area contributed by atoms with E-state index in [1.54, 1.807) is 18.6 Å². The van der Waals surface area contributed by atoms with Crippen molar-refractivity contribution in [3.05, 3.63) is 58.2 Å². The van der Waals surface area contributed by atoms with E-state index in [0.717, 1.165) is 0 Å². The summed E-state index contributed by atoms with van der Waals surface area (Å²) in [6, 6.07) is 4.25. The van der Waals surface area contributed by atoms with Gasteiger partial charge in [0.15, 0.2) is 0 Å². The number of rotatable bonds is 5. The Morgan fingerprint density at radius 1 is 1.38 bits per heavy atom. The van der Waals surface area contributed by atoms with Crippen LogP contribution in [0.4, 0.5) is 11.4 Å². The van der Waals surface area contributed by atoms with Crippen molar-refractivity contribution in [1.82, 2.24) is 15.3 Å². The minimum absolute atomic E-state index is 0.167. The SMILES string of the molecule is CNC(=O)c1ccc(NCc2cnccn2)c([N+](=O)[O-])c1. The first-order chi connectivity index (χ1) is 10.1. The van der Waals surface area contributed by atoms with Crippen LogP contribution in [0.3, 0.4) is 0 Å². The van der Waals surface area contributed by atoms with E-state index in [1.165, 1.54) is 25.2 Å². The molecule has 0 radical (unpaired) electrons. The van der Waals surface area contributed by atoms with Crippen molar-refractivity contribution in [3.8, 4) is 0 Å². The number of hydrogen-bond acceptors (Lipinski definition) is 6. The zero-order valence-electron chi connectivity index (χ0n) is 11.2. The standard InChI is InChI=1S/C13H13N5O3/c1-14-13(19)9-2-3-11(12(6-9)18(20)21)17-8-10-7-15-4-5-16-10/h2-7,17H,8H2,1H3,(H,14,19). The number of nitrogens with one attached hydrogen (secondary N) is 2. The molecular weight excluding hydrogens is 274 g/mol. The lowest BCUT2D eigenvalue weighted by atomic mass is 10.1. The van der Waals surface area contributed by atoms with Crippen LogP contribution in [0.1, 0.15) is 16.1 Å². The van der Waals surface area contributed by atoms with Crippen LogP contribution in [-0.4, -0.2) is 27.8 Å². The number of aromatic nitrogens is 2. The maximum Gasteiger partial charge on any atom is 0.293 e. The fourth-order valence-electron chi connectivity index (χ4n) is 1.72. The molecule has 0 aliphatic heterocycles. The molecular formula is C13H13N5O3. The predicted molar refractivity (Wildman–Crippen MR) is 75.8 cm³/mol. The summed E-state index contributed by atoms with van der Waals surface area (Å²) >= 11 is 0. The van der Waals surface area contributed by atoms with Gasteiger partial charge >= 0.3 is 0 Å². The Labute approximate surface area is 120 Å². The molecule has 0 aliphatic carbocycles. The van der Waals surface area contributed by atoms with Crippen LogP contribution in [0.2, 0.25) is 0 Å². The number of amides is 1. The molecule has 8 heteroatoms. The van der Waals surface area contributed by atoms with Crippen LogP contribution >= 0.6 is 0 Å². The van der Waals surface area contributed by atoms with E-state index in [4.69, 9.17) is 0 Å². The summed E-state index contributed by atoms with van der Waals surface area (Å²) in [5.41, 5.74) is 1.04. The van der Waals surface area contributed by atoms with Gasteiger partial charge in [-0.05, 0) is 12.1 Å². The van der Waals surface area contributed by atoms with E-state index in [2.05, 4.69) is 20.6 Å². The fourth-order valence-corrected chi connectivity index (χ4v) is 1.72. The number of nitro groups is 1. The quantitative estimate of drug-likeness (QED) is 0.634. The maximum atomic E-state index is 11.5. The van der Waals surface area contributed by atoms with Gasteiger partial charge in [-0.1, -0.05) is 0 Å². The molecule has 0 bridgehead atoms. The number of nitro benzene ring substituents is 1. The molecule has 0 unspecified atom stereocenters. The minimum Gasteiger partial charge on any atom is -0.374 e. The molecule has 0 aliphatic rings. The summed E-state index contributed by atoms with van der Waals surface area (Å²) in [6.45, 7) is 0.300. The van der Waals surface area contributed by atoms with Gasteiger partial charge in [-0.3, -0.25) is 24.9 Å². The van der Waals surface area contributed by atoms with Crippen LogP contribution in [0.5, 0.6) is 0 Å². The fraction of sp³-hybridized carbons (Fsp3) is 0.154. The zero-order valence-corrected chi connectivity index (χ0v) is 11.2. The molecule has 1 aromatic carbocycles. The van der Waals surface area contributed by atoms with Crippen molar-refractivity contribution < 1.29 is 9.72 Å². The summed E-state index contributed by atoms with van der Waals surface area (Å²) in [6.07, 6.45) is 4.65. The number of carbonyl (C=O) groups excluding carboxylic acids is 1. The molecule has 0 saturated carbocycles. The van der Waals surface area contributed by atoms with Crippen molar-refractivity contribution in [2.45, 2.75) is 6.54 Å². The minimum atomic E-state index is -0.536. The molecule has 108 valence electrons. The second kappa shape index (κ2) is 6.42. The molecule has 21 heavy (non-hydrogen) atoms. The first-order valence-corrected chi connectivity index (χ1v) is 6.11. The summed E-state index contributed by atoms with van der Waals surface area (Å²) in [4.78, 5) is 30.1. The second-order valence-corrected chi connectivity index (χ2v) is 4.12. The highest BCUT2D eigenvalue weighted by molar-refractivity contribution is 5.95. The summed E-state index contributed by atoms with van der Waals surface area (Å²) in [5, 5.41) is 16.4. The summed E-state index contributed by atoms with van der Waals surface area (Å²) in [7, 11) is 1.47. The van der Waals surface area contributed by atoms with E-state index in [0.29, 0.717) is 17.9 Å². The van der Waals surface area contributed by atoms with Crippen LogP contribution in [0.15, 0.2) is 36.8 Å². The van der Waals surface area contributed by atoms with Crippen molar-refractivity contribution in [1.29, 1.82) is 0 Å². The Hall–Kier alpha value is -3.03. The topological polar surface area (TPSA) is 110 Å². The van der Waals surface area contributed by atoms with Crippen molar-refractivity contribution >= 4 is 17.3 Å². The van der Waals surface area contributed by atoms with Crippen molar-refractivity contribution in [2.24, 2.45) is 0 Å². The zero-order chi connectivity index (χ0) is 15.2. The number of carbonyl (C=O) groups is 1. The Morgan fingerprint density at radius 2 is 2.19 bits per heavy atom. The number of anilines is 1. The number of nitrogens with zero attached hydrogens (tertiary/aromatic N) is 3. The monoisotopic (exact) mass is 287 g/mol. The third-order valence-corrected chi connectivity index (χ3v) is 2.76. The second-order valence-electron chi connectivity index (χ2n) is 4.12. The van der Waals surface area contributed by atoms with Gasteiger partial charge in [0.25, 0.3) is 11.6 Å². The third kappa shape index (κ3) is 3.50. The lowest BCUT2D eigenvalue weighted by Gasteiger charge is -2.08. The summed E-state index contributed by atoms with van der Waals surface area (Å²) in [5.74, 6) is -0.376. The normalized spacial score (nSPS) is 9.95. The largest absolute Gasteiger partial charge is 0.374 e. The van der Waals surface area contributed by atoms with Crippen LogP contribution in [0, 0.1) is 10.1 Å². The molecule has 0 atom stereocenters. The average molecular weight is 287 g/mol. The van der Waals surface area contributed by atoms with E-state index >= 15 is 0 Å². The molecule has 1 amide bonds. The first kappa shape index (κ1) is 14.4. The highest BCUT2D eigenvalue weighted by Gasteiger charge is 2.17. The molecule has 2 rings (SSSR count). The predicted octanol–water partition coefficient (Wildman–Crippen LogP) is 1.36. The first-order valence-electron chi connectivity index (χ1n) is 6.11. The van der Waals surface area contributed by atoms with Gasteiger partial charge in [-0.15, -0.1) is 0 Å². The Kier molecular flexibility index (Phi) is 4.39. The van der Waals surface area contributed by atoms with Gasteiger partial charge in [0, 0.05) is 31.1 Å². The lowest BCUT2D eigenvalue weighted by molar-refractivity contribution is -0.384. The van der Waals surface area contributed by atoms with Gasteiger partial charge in [0.2, 0.25) is 0 Å². The van der Waals surface area contributed by atoms with E-state index in [-0.39, 0.29) is 17.2 Å². The van der Waals surface area contributed by atoms with Gasteiger partial charge < -0.3 is 10.6 Å². The van der Waals surface area contributed by atoms with Crippen LogP contribution in [0.25, 0.3) is 0 Å².